The summed E-state index contributed by atoms with van der Waals surface area (Å²) in [7, 11) is 0. The van der Waals surface area contributed by atoms with E-state index in [4.69, 9.17) is 5.73 Å². The van der Waals surface area contributed by atoms with Crippen LogP contribution in [0, 0.1) is 0 Å². The molecule has 3 N–H and O–H groups in total. The highest BCUT2D eigenvalue weighted by atomic mass is 19.4. The quantitative estimate of drug-likeness (QED) is 0.362. The summed E-state index contributed by atoms with van der Waals surface area (Å²) in [4.78, 5) is 38.8. The molecule has 2 amide bonds. The molecule has 0 aliphatic heterocycles. The van der Waals surface area contributed by atoms with Crippen LogP contribution in [-0.4, -0.2) is 52.4 Å². The highest BCUT2D eigenvalue weighted by Gasteiger charge is 2.39. The Hall–Kier alpha value is -4.57. The molecule has 0 fully saturated rings. The van der Waals surface area contributed by atoms with Gasteiger partial charge in [0.1, 0.15) is 17.7 Å². The van der Waals surface area contributed by atoms with Crippen molar-refractivity contribution >= 4 is 29.7 Å². The van der Waals surface area contributed by atoms with Gasteiger partial charge in [-0.15, -0.1) is 5.10 Å². The number of carbonyl (C=O) groups is 2. The molecule has 0 saturated carbocycles. The SMILES string of the molecule is CC(C)(C)N(C(=O)O)c1ncc(C(=Cn2cnc(-c3cc(C(F)(F)F)nc(C(F)(F)F)c3)n2)C(N)=O)cn1. The number of hydrogen-bond acceptors (Lipinski definition) is 7. The largest absolute Gasteiger partial charge is 0.465 e. The van der Waals surface area contributed by atoms with E-state index in [1.165, 1.54) is 0 Å². The maximum Gasteiger partial charge on any atom is 0.433 e. The van der Waals surface area contributed by atoms with Crippen LogP contribution in [0.4, 0.5) is 37.1 Å². The molecule has 0 aromatic carbocycles. The van der Waals surface area contributed by atoms with Gasteiger partial charge in [0.2, 0.25) is 5.95 Å². The molecule has 3 aromatic heterocycles. The minimum atomic E-state index is -5.17. The van der Waals surface area contributed by atoms with Crippen LogP contribution in [-0.2, 0) is 17.1 Å². The molecule has 11 nitrogen and oxygen atoms in total. The van der Waals surface area contributed by atoms with E-state index in [-0.39, 0.29) is 17.1 Å². The summed E-state index contributed by atoms with van der Waals surface area (Å²) in [6.45, 7) is 4.81. The lowest BCUT2D eigenvalue weighted by Crippen LogP contribution is -2.46. The molecule has 3 heterocycles. The summed E-state index contributed by atoms with van der Waals surface area (Å²) in [5.74, 6) is -1.75. The summed E-state index contributed by atoms with van der Waals surface area (Å²) >= 11 is 0. The van der Waals surface area contributed by atoms with Gasteiger partial charge in [-0.1, -0.05) is 0 Å². The summed E-state index contributed by atoms with van der Waals surface area (Å²) < 4.78 is 79.5. The molecule has 17 heteroatoms. The van der Waals surface area contributed by atoms with Crippen LogP contribution < -0.4 is 10.6 Å². The summed E-state index contributed by atoms with van der Waals surface area (Å²) in [5.41, 5.74) is 0.0149. The number of anilines is 1. The number of nitrogens with zero attached hydrogens (tertiary/aromatic N) is 7. The molecule has 3 rings (SSSR count). The van der Waals surface area contributed by atoms with E-state index in [0.29, 0.717) is 12.1 Å². The molecular formula is C21H18F6N8O3. The number of alkyl halides is 6. The summed E-state index contributed by atoms with van der Waals surface area (Å²) in [5, 5.41) is 13.3. The third-order valence-electron chi connectivity index (χ3n) is 4.71. The molecule has 0 bridgehead atoms. The summed E-state index contributed by atoms with van der Waals surface area (Å²) in [6, 6.07) is 0.702. The Morgan fingerprint density at radius 1 is 0.974 bits per heavy atom. The van der Waals surface area contributed by atoms with E-state index in [2.05, 4.69) is 25.0 Å². The molecule has 0 aliphatic rings. The van der Waals surface area contributed by atoms with Crippen LogP contribution in [0.1, 0.15) is 37.7 Å². The van der Waals surface area contributed by atoms with Gasteiger partial charge in [0.25, 0.3) is 5.91 Å². The second kappa shape index (κ2) is 9.71. The van der Waals surface area contributed by atoms with E-state index in [1.807, 2.05) is 0 Å². The number of aromatic nitrogens is 6. The first-order valence-electron chi connectivity index (χ1n) is 10.3. The monoisotopic (exact) mass is 544 g/mol. The van der Waals surface area contributed by atoms with Crippen LogP contribution in [0.25, 0.3) is 23.2 Å². The number of pyridine rings is 1. The van der Waals surface area contributed by atoms with E-state index >= 15 is 0 Å². The Kier molecular flexibility index (Phi) is 7.16. The van der Waals surface area contributed by atoms with Gasteiger partial charge >= 0.3 is 18.4 Å². The molecule has 0 unspecified atom stereocenters. The van der Waals surface area contributed by atoms with Crippen molar-refractivity contribution < 1.29 is 41.0 Å². The average Bonchev–Trinajstić information content (AvgIpc) is 3.24. The summed E-state index contributed by atoms with van der Waals surface area (Å²) in [6.07, 6.45) is -7.56. The van der Waals surface area contributed by atoms with Crippen LogP contribution >= 0.6 is 0 Å². The molecular weight excluding hydrogens is 526 g/mol. The van der Waals surface area contributed by atoms with Crippen LogP contribution in [0.2, 0.25) is 0 Å². The number of hydrogen-bond donors (Lipinski definition) is 2. The van der Waals surface area contributed by atoms with Gasteiger partial charge in [-0.25, -0.2) is 34.3 Å². The van der Waals surface area contributed by atoms with Crippen LogP contribution in [0.15, 0.2) is 30.9 Å². The minimum Gasteiger partial charge on any atom is -0.465 e. The fourth-order valence-corrected chi connectivity index (χ4v) is 3.08. The minimum absolute atomic E-state index is 0.0141. The third kappa shape index (κ3) is 6.22. The Balaban J connectivity index is 2.01. The maximum atomic E-state index is 13.1. The fraction of sp³-hybridized carbons (Fsp3) is 0.286. The molecule has 38 heavy (non-hydrogen) atoms. The average molecular weight is 544 g/mol. The van der Waals surface area contributed by atoms with Gasteiger partial charge in [-0.3, -0.25) is 4.79 Å². The first-order chi connectivity index (χ1) is 17.4. The number of nitrogens with two attached hydrogens (primary N) is 1. The van der Waals surface area contributed by atoms with Gasteiger partial charge in [0, 0.05) is 35.3 Å². The van der Waals surface area contributed by atoms with Gasteiger partial charge in [-0.2, -0.15) is 26.3 Å². The van der Waals surface area contributed by atoms with E-state index in [9.17, 15) is 41.0 Å². The van der Waals surface area contributed by atoms with Crippen molar-refractivity contribution in [2.24, 2.45) is 5.73 Å². The van der Waals surface area contributed by atoms with Gasteiger partial charge < -0.3 is 10.8 Å². The number of rotatable bonds is 5. The highest BCUT2D eigenvalue weighted by Crippen LogP contribution is 2.35. The van der Waals surface area contributed by atoms with Crippen molar-refractivity contribution in [3.63, 3.8) is 0 Å². The fourth-order valence-electron chi connectivity index (χ4n) is 3.08. The lowest BCUT2D eigenvalue weighted by molar-refractivity contribution is -0.150. The van der Waals surface area contributed by atoms with Crippen molar-refractivity contribution in [1.29, 1.82) is 0 Å². The number of halogens is 6. The molecule has 0 saturated heterocycles. The standard InChI is InChI=1S/C21H18F6N8O3/c1-19(2,3)35(18(37)38)17-29-6-11(7-30-17)12(15(28)36)8-34-9-31-16(33-34)10-4-13(20(22,23)24)32-14(5-10)21(25,26)27/h4-9H,1-3H3,(H2,28,36)(H,37,38). The van der Waals surface area contributed by atoms with E-state index in [0.717, 1.165) is 34.5 Å². The zero-order valence-electron chi connectivity index (χ0n) is 19.7. The zero-order valence-corrected chi connectivity index (χ0v) is 19.7. The molecule has 3 aromatic rings. The second-order valence-electron chi connectivity index (χ2n) is 8.64. The Labute approximate surface area is 209 Å². The smallest absolute Gasteiger partial charge is 0.433 e. The van der Waals surface area contributed by atoms with Gasteiger partial charge in [0.05, 0.1) is 5.57 Å². The number of carboxylic acid groups (broad SMARTS) is 1. The van der Waals surface area contributed by atoms with E-state index < -0.39 is 52.7 Å². The Bertz CT molecular complexity index is 1360. The highest BCUT2D eigenvalue weighted by molar-refractivity contribution is 6.22. The molecule has 0 aliphatic carbocycles. The molecule has 202 valence electrons. The van der Waals surface area contributed by atoms with Crippen molar-refractivity contribution in [3.8, 4) is 11.4 Å². The van der Waals surface area contributed by atoms with Crippen molar-refractivity contribution in [1.82, 2.24) is 29.7 Å². The predicted molar refractivity (Wildman–Crippen MR) is 119 cm³/mol. The van der Waals surface area contributed by atoms with Crippen LogP contribution in [0.3, 0.4) is 0 Å². The number of carbonyl (C=O) groups excluding carboxylic acids is 1. The van der Waals surface area contributed by atoms with Crippen molar-refractivity contribution in [3.05, 3.63) is 47.8 Å². The predicted octanol–water partition coefficient (Wildman–Crippen LogP) is 3.93. The van der Waals surface area contributed by atoms with Gasteiger partial charge in [0.15, 0.2) is 5.82 Å². The molecule has 0 spiro atoms. The second-order valence-corrected chi connectivity index (χ2v) is 8.64. The Morgan fingerprint density at radius 3 is 1.92 bits per heavy atom. The lowest BCUT2D eigenvalue weighted by Gasteiger charge is -2.30. The van der Waals surface area contributed by atoms with Crippen molar-refractivity contribution in [2.75, 3.05) is 4.90 Å². The first kappa shape index (κ1) is 28.0. The molecule has 0 radical (unpaired) electrons. The number of amides is 2. The number of primary amides is 1. The van der Waals surface area contributed by atoms with Crippen LogP contribution in [0.5, 0.6) is 0 Å². The zero-order chi connectivity index (χ0) is 28.6. The van der Waals surface area contributed by atoms with E-state index in [1.54, 1.807) is 20.8 Å². The lowest BCUT2D eigenvalue weighted by atomic mass is 10.1. The van der Waals surface area contributed by atoms with Crippen molar-refractivity contribution in [2.45, 2.75) is 38.7 Å². The maximum absolute atomic E-state index is 13.1. The first-order valence-corrected chi connectivity index (χ1v) is 10.3. The molecule has 0 atom stereocenters. The topological polar surface area (TPSA) is 153 Å². The Morgan fingerprint density at radius 2 is 1.50 bits per heavy atom. The van der Waals surface area contributed by atoms with Gasteiger partial charge in [-0.05, 0) is 32.9 Å². The normalized spacial score (nSPS) is 12.9. The third-order valence-corrected chi connectivity index (χ3v) is 4.71.